The summed E-state index contributed by atoms with van der Waals surface area (Å²) in [6.45, 7) is 0. The molecule has 96 valence electrons. The van der Waals surface area contributed by atoms with Gasteiger partial charge in [-0.3, -0.25) is 4.79 Å². The summed E-state index contributed by atoms with van der Waals surface area (Å²) in [5.41, 5.74) is 0.973. The fourth-order valence-electron chi connectivity index (χ4n) is 2.25. The fraction of sp³-hybridized carbons (Fsp3) is 0.133. The summed E-state index contributed by atoms with van der Waals surface area (Å²) >= 11 is 0. The maximum Gasteiger partial charge on any atom is 0.174 e. The van der Waals surface area contributed by atoms with Gasteiger partial charge in [0.2, 0.25) is 0 Å². The smallest absolute Gasteiger partial charge is 0.174 e. The molecule has 0 fully saturated rings. The van der Waals surface area contributed by atoms with E-state index in [0.29, 0.717) is 5.75 Å². The normalized spacial score (nSPS) is 17.7. The largest absolute Gasteiger partial charge is 0.504 e. The second-order valence-corrected chi connectivity index (χ2v) is 4.45. The number of benzene rings is 2. The molecule has 0 aliphatic carbocycles. The van der Waals surface area contributed by atoms with E-state index < -0.39 is 5.75 Å². The van der Waals surface area contributed by atoms with Gasteiger partial charge in [0.25, 0.3) is 0 Å². The molecule has 1 unspecified atom stereocenters. The van der Waals surface area contributed by atoms with Crippen LogP contribution in [0.25, 0.3) is 0 Å². The van der Waals surface area contributed by atoms with Gasteiger partial charge in [-0.15, -0.1) is 0 Å². The third-order valence-corrected chi connectivity index (χ3v) is 3.21. The van der Waals surface area contributed by atoms with Crippen LogP contribution in [0.5, 0.6) is 17.2 Å². The monoisotopic (exact) mass is 256 g/mol. The van der Waals surface area contributed by atoms with E-state index in [1.165, 1.54) is 12.1 Å². The number of ketones is 1. The SMILES string of the molecule is O=C1CC(c2ccccc2)Oc2ccc(O)c(O)c21. The number of ether oxygens (including phenoxy) is 1. The van der Waals surface area contributed by atoms with Gasteiger partial charge >= 0.3 is 0 Å². The molecule has 1 aliphatic heterocycles. The van der Waals surface area contributed by atoms with Gasteiger partial charge in [0.15, 0.2) is 17.3 Å². The average molecular weight is 256 g/mol. The third-order valence-electron chi connectivity index (χ3n) is 3.21. The van der Waals surface area contributed by atoms with Crippen LogP contribution in [0.3, 0.4) is 0 Å². The Bertz CT molecular complexity index is 634. The van der Waals surface area contributed by atoms with Crippen molar-refractivity contribution in [2.24, 2.45) is 0 Å². The van der Waals surface area contributed by atoms with E-state index in [-0.39, 0.29) is 29.6 Å². The zero-order valence-corrected chi connectivity index (χ0v) is 10.0. The molecule has 3 rings (SSSR count). The zero-order chi connectivity index (χ0) is 13.4. The van der Waals surface area contributed by atoms with Gasteiger partial charge in [-0.1, -0.05) is 30.3 Å². The molecule has 0 radical (unpaired) electrons. The Morgan fingerprint density at radius 2 is 1.79 bits per heavy atom. The lowest BCUT2D eigenvalue weighted by Gasteiger charge is -2.26. The van der Waals surface area contributed by atoms with Crippen molar-refractivity contribution < 1.29 is 19.7 Å². The van der Waals surface area contributed by atoms with E-state index in [2.05, 4.69) is 0 Å². The number of rotatable bonds is 1. The summed E-state index contributed by atoms with van der Waals surface area (Å²) in [7, 11) is 0. The predicted molar refractivity (Wildman–Crippen MR) is 68.5 cm³/mol. The van der Waals surface area contributed by atoms with E-state index in [9.17, 15) is 15.0 Å². The Labute approximate surface area is 109 Å². The molecule has 0 aromatic heterocycles. The van der Waals surface area contributed by atoms with Crippen molar-refractivity contribution >= 4 is 5.78 Å². The summed E-state index contributed by atoms with van der Waals surface area (Å²) in [6.07, 6.45) is -0.209. The van der Waals surface area contributed by atoms with Crippen LogP contribution in [-0.4, -0.2) is 16.0 Å². The molecule has 1 aliphatic rings. The average Bonchev–Trinajstić information content (AvgIpc) is 2.43. The van der Waals surface area contributed by atoms with Gasteiger partial charge in [-0.05, 0) is 17.7 Å². The Morgan fingerprint density at radius 1 is 1.05 bits per heavy atom. The molecule has 0 bridgehead atoms. The lowest BCUT2D eigenvalue weighted by molar-refractivity contribution is 0.0844. The van der Waals surface area contributed by atoms with Crippen LogP contribution in [0, 0.1) is 0 Å². The first-order valence-electron chi connectivity index (χ1n) is 5.96. The molecule has 19 heavy (non-hydrogen) atoms. The number of phenolic OH excluding ortho intramolecular Hbond substituents is 2. The number of phenols is 2. The van der Waals surface area contributed by atoms with E-state index in [1.54, 1.807) is 0 Å². The molecule has 0 spiro atoms. The molecule has 0 amide bonds. The van der Waals surface area contributed by atoms with Gasteiger partial charge in [-0.25, -0.2) is 0 Å². The second kappa shape index (κ2) is 4.31. The van der Waals surface area contributed by atoms with Crippen molar-refractivity contribution in [3.63, 3.8) is 0 Å². The summed E-state index contributed by atoms with van der Waals surface area (Å²) < 4.78 is 5.73. The molecule has 1 atom stereocenters. The Hall–Kier alpha value is -2.49. The van der Waals surface area contributed by atoms with Gasteiger partial charge in [0.05, 0.1) is 6.42 Å². The Kier molecular flexibility index (Phi) is 2.63. The highest BCUT2D eigenvalue weighted by atomic mass is 16.5. The van der Waals surface area contributed by atoms with Gasteiger partial charge < -0.3 is 14.9 Å². The van der Waals surface area contributed by atoms with Crippen LogP contribution in [-0.2, 0) is 0 Å². The topological polar surface area (TPSA) is 66.8 Å². The summed E-state index contributed by atoms with van der Waals surface area (Å²) in [5.74, 6) is -0.647. The molecule has 4 heteroatoms. The van der Waals surface area contributed by atoms with Crippen molar-refractivity contribution in [1.29, 1.82) is 0 Å². The van der Waals surface area contributed by atoms with E-state index >= 15 is 0 Å². The van der Waals surface area contributed by atoms with Crippen LogP contribution in [0.15, 0.2) is 42.5 Å². The van der Waals surface area contributed by atoms with Crippen LogP contribution >= 0.6 is 0 Å². The molecule has 2 aromatic rings. The van der Waals surface area contributed by atoms with Gasteiger partial charge in [0.1, 0.15) is 17.4 Å². The molecular formula is C15H12O4. The minimum atomic E-state index is -0.408. The highest BCUT2D eigenvalue weighted by Gasteiger charge is 2.31. The lowest BCUT2D eigenvalue weighted by atomic mass is 9.95. The summed E-state index contributed by atoms with van der Waals surface area (Å²) in [6, 6.07) is 12.3. The Morgan fingerprint density at radius 3 is 2.53 bits per heavy atom. The lowest BCUT2D eigenvalue weighted by Crippen LogP contribution is -2.20. The minimum absolute atomic E-state index is 0.0622. The van der Waals surface area contributed by atoms with Crippen LogP contribution in [0.1, 0.15) is 28.4 Å². The fourth-order valence-corrected chi connectivity index (χ4v) is 2.25. The number of hydrogen-bond acceptors (Lipinski definition) is 4. The number of carbonyl (C=O) groups excluding carboxylic acids is 1. The highest BCUT2D eigenvalue weighted by Crippen LogP contribution is 2.42. The molecule has 0 saturated carbocycles. The second-order valence-electron chi connectivity index (χ2n) is 4.45. The van der Waals surface area contributed by atoms with Crippen LogP contribution < -0.4 is 4.74 Å². The number of aromatic hydroxyl groups is 2. The first kappa shape index (κ1) is 11.6. The predicted octanol–water partition coefficient (Wildman–Crippen LogP) is 2.80. The van der Waals surface area contributed by atoms with Crippen molar-refractivity contribution in [3.05, 3.63) is 53.6 Å². The first-order chi connectivity index (χ1) is 9.16. The maximum absolute atomic E-state index is 12.1. The standard InChI is InChI=1S/C15H12O4/c16-10-6-7-12-14(15(10)18)11(17)8-13(19-12)9-4-2-1-3-5-9/h1-7,13,16,18H,8H2. The number of carbonyl (C=O) groups is 1. The molecule has 2 aromatic carbocycles. The number of Topliss-reactive ketones (excluding diaryl/α,β-unsaturated/α-hetero) is 1. The van der Waals surface area contributed by atoms with E-state index in [0.717, 1.165) is 5.56 Å². The Balaban J connectivity index is 2.02. The minimum Gasteiger partial charge on any atom is -0.504 e. The molecular weight excluding hydrogens is 244 g/mol. The van der Waals surface area contributed by atoms with Crippen molar-refractivity contribution in [3.8, 4) is 17.2 Å². The zero-order valence-electron chi connectivity index (χ0n) is 10.0. The summed E-state index contributed by atoms with van der Waals surface area (Å²) in [4.78, 5) is 12.1. The van der Waals surface area contributed by atoms with Crippen molar-refractivity contribution in [2.75, 3.05) is 0 Å². The van der Waals surface area contributed by atoms with Crippen LogP contribution in [0.2, 0.25) is 0 Å². The molecule has 1 heterocycles. The number of fused-ring (bicyclic) bond motifs is 1. The highest BCUT2D eigenvalue weighted by molar-refractivity contribution is 6.03. The van der Waals surface area contributed by atoms with Gasteiger partial charge in [0, 0.05) is 0 Å². The third kappa shape index (κ3) is 1.91. The summed E-state index contributed by atoms with van der Waals surface area (Å²) in [5, 5.41) is 19.1. The van der Waals surface area contributed by atoms with Crippen molar-refractivity contribution in [1.82, 2.24) is 0 Å². The van der Waals surface area contributed by atoms with Crippen LogP contribution in [0.4, 0.5) is 0 Å². The number of hydrogen-bond donors (Lipinski definition) is 2. The van der Waals surface area contributed by atoms with Gasteiger partial charge in [-0.2, -0.15) is 0 Å². The quantitative estimate of drug-likeness (QED) is 0.770. The molecule has 2 N–H and O–H groups in total. The molecule has 4 nitrogen and oxygen atoms in total. The maximum atomic E-state index is 12.1. The van der Waals surface area contributed by atoms with Crippen molar-refractivity contribution in [2.45, 2.75) is 12.5 Å². The molecule has 0 saturated heterocycles. The van der Waals surface area contributed by atoms with E-state index in [4.69, 9.17) is 4.74 Å². The van der Waals surface area contributed by atoms with E-state index in [1.807, 2.05) is 30.3 Å². The first-order valence-corrected chi connectivity index (χ1v) is 5.96.